The normalized spacial score (nSPS) is 29.6. The average Bonchev–Trinajstić information content (AvgIpc) is 2.33. The predicted octanol–water partition coefficient (Wildman–Crippen LogP) is -0.419. The van der Waals surface area contributed by atoms with Crippen molar-refractivity contribution in [3.63, 3.8) is 0 Å². The van der Waals surface area contributed by atoms with Crippen molar-refractivity contribution < 1.29 is 9.53 Å². The van der Waals surface area contributed by atoms with E-state index in [0.717, 1.165) is 13.0 Å². The minimum absolute atomic E-state index is 0.217. The number of primary amides is 1. The Labute approximate surface area is 72.7 Å². The molecule has 1 amide bonds. The predicted molar refractivity (Wildman–Crippen MR) is 45.6 cm³/mol. The molecule has 1 saturated heterocycles. The van der Waals surface area contributed by atoms with Crippen molar-refractivity contribution >= 4 is 5.91 Å². The third-order valence-electron chi connectivity index (χ3n) is 2.31. The van der Waals surface area contributed by atoms with Crippen molar-refractivity contribution in [1.82, 2.24) is 4.90 Å². The van der Waals surface area contributed by atoms with Gasteiger partial charge < -0.3 is 10.5 Å². The van der Waals surface area contributed by atoms with Crippen LogP contribution in [0.15, 0.2) is 0 Å². The van der Waals surface area contributed by atoms with Gasteiger partial charge in [0.25, 0.3) is 0 Å². The molecule has 2 atom stereocenters. The van der Waals surface area contributed by atoms with E-state index in [-0.39, 0.29) is 12.0 Å². The number of ether oxygens (including phenoxy) is 1. The van der Waals surface area contributed by atoms with Gasteiger partial charge in [0.15, 0.2) is 0 Å². The number of rotatable bonds is 3. The Balaban J connectivity index is 2.40. The molecule has 2 N–H and O–H groups in total. The highest BCUT2D eigenvalue weighted by molar-refractivity contribution is 5.75. The van der Waals surface area contributed by atoms with Crippen molar-refractivity contribution in [3.8, 4) is 0 Å². The molecule has 4 nitrogen and oxygen atoms in total. The van der Waals surface area contributed by atoms with Gasteiger partial charge in [0, 0.05) is 12.6 Å². The molecular formula is C8H16N2O2. The molecule has 0 saturated carbocycles. The zero-order valence-corrected chi connectivity index (χ0v) is 7.62. The van der Waals surface area contributed by atoms with Gasteiger partial charge in [-0.2, -0.15) is 0 Å². The van der Waals surface area contributed by atoms with E-state index < -0.39 is 0 Å². The third-order valence-corrected chi connectivity index (χ3v) is 2.31. The number of carbonyl (C=O) groups is 1. The summed E-state index contributed by atoms with van der Waals surface area (Å²) in [7, 11) is 1.90. The fraction of sp³-hybridized carbons (Fsp3) is 0.875. The van der Waals surface area contributed by atoms with E-state index in [9.17, 15) is 4.79 Å². The molecule has 0 radical (unpaired) electrons. The first-order valence-corrected chi connectivity index (χ1v) is 4.21. The lowest BCUT2D eigenvalue weighted by molar-refractivity contribution is -0.119. The standard InChI is InChI=1S/C8H16N2O2/c1-6-7(3-4-12-6)10(2)5-8(9)11/h6-7H,3-5H2,1-2H3,(H2,9,11). The molecule has 70 valence electrons. The average molecular weight is 172 g/mol. The summed E-state index contributed by atoms with van der Waals surface area (Å²) >= 11 is 0. The first-order chi connectivity index (χ1) is 5.61. The van der Waals surface area contributed by atoms with Gasteiger partial charge in [-0.3, -0.25) is 9.69 Å². The van der Waals surface area contributed by atoms with Gasteiger partial charge in [0.2, 0.25) is 5.91 Å². The number of hydrogen-bond donors (Lipinski definition) is 1. The van der Waals surface area contributed by atoms with E-state index in [1.807, 2.05) is 18.9 Å². The number of amides is 1. The maximum absolute atomic E-state index is 10.6. The van der Waals surface area contributed by atoms with Gasteiger partial charge in [0.1, 0.15) is 0 Å². The molecule has 0 aromatic carbocycles. The van der Waals surface area contributed by atoms with Crippen LogP contribution in [0.4, 0.5) is 0 Å². The number of nitrogens with zero attached hydrogens (tertiary/aromatic N) is 1. The molecule has 0 aromatic heterocycles. The minimum atomic E-state index is -0.281. The molecule has 0 aromatic rings. The SMILES string of the molecule is CC1OCCC1N(C)CC(N)=O. The van der Waals surface area contributed by atoms with Crippen LogP contribution in [-0.2, 0) is 9.53 Å². The first-order valence-electron chi connectivity index (χ1n) is 4.21. The zero-order chi connectivity index (χ0) is 9.14. The van der Waals surface area contributed by atoms with Crippen LogP contribution >= 0.6 is 0 Å². The van der Waals surface area contributed by atoms with Gasteiger partial charge in [-0.05, 0) is 20.4 Å². The van der Waals surface area contributed by atoms with Gasteiger partial charge in [-0.15, -0.1) is 0 Å². The van der Waals surface area contributed by atoms with Crippen LogP contribution in [-0.4, -0.2) is 43.2 Å². The second kappa shape index (κ2) is 3.87. The Bertz CT molecular complexity index is 172. The molecule has 1 fully saturated rings. The lowest BCUT2D eigenvalue weighted by atomic mass is 10.1. The summed E-state index contributed by atoms with van der Waals surface area (Å²) < 4.78 is 5.37. The van der Waals surface area contributed by atoms with E-state index in [1.54, 1.807) is 0 Å². The quantitative estimate of drug-likeness (QED) is 0.629. The van der Waals surface area contributed by atoms with E-state index in [0.29, 0.717) is 12.6 Å². The maximum Gasteiger partial charge on any atom is 0.231 e. The Kier molecular flexibility index (Phi) is 3.05. The topological polar surface area (TPSA) is 55.6 Å². The Morgan fingerprint density at radius 2 is 2.42 bits per heavy atom. The Morgan fingerprint density at radius 1 is 1.75 bits per heavy atom. The molecule has 12 heavy (non-hydrogen) atoms. The van der Waals surface area contributed by atoms with Crippen molar-refractivity contribution in [2.45, 2.75) is 25.5 Å². The summed E-state index contributed by atoms with van der Waals surface area (Å²) in [6, 6.07) is 0.345. The zero-order valence-electron chi connectivity index (χ0n) is 7.62. The highest BCUT2D eigenvalue weighted by atomic mass is 16.5. The summed E-state index contributed by atoms with van der Waals surface area (Å²) in [6.45, 7) is 3.13. The van der Waals surface area contributed by atoms with E-state index >= 15 is 0 Å². The minimum Gasteiger partial charge on any atom is -0.377 e. The first kappa shape index (κ1) is 9.48. The van der Waals surface area contributed by atoms with E-state index in [4.69, 9.17) is 10.5 Å². The molecule has 1 rings (SSSR count). The molecule has 0 bridgehead atoms. The molecule has 1 aliphatic rings. The number of nitrogens with two attached hydrogens (primary N) is 1. The highest BCUT2D eigenvalue weighted by Gasteiger charge is 2.28. The molecule has 2 unspecified atom stereocenters. The smallest absolute Gasteiger partial charge is 0.231 e. The third kappa shape index (κ3) is 2.19. The maximum atomic E-state index is 10.6. The van der Waals surface area contributed by atoms with Crippen LogP contribution in [0, 0.1) is 0 Å². The lowest BCUT2D eigenvalue weighted by Gasteiger charge is -2.24. The molecule has 4 heteroatoms. The summed E-state index contributed by atoms with van der Waals surface area (Å²) in [5, 5.41) is 0. The second-order valence-electron chi connectivity index (χ2n) is 3.31. The van der Waals surface area contributed by atoms with Crippen molar-refractivity contribution in [3.05, 3.63) is 0 Å². The molecule has 0 spiro atoms. The molecule has 1 aliphatic heterocycles. The number of likely N-dealkylation sites (N-methyl/N-ethyl adjacent to an activating group) is 1. The molecular weight excluding hydrogens is 156 g/mol. The van der Waals surface area contributed by atoms with Crippen LogP contribution in [0.5, 0.6) is 0 Å². The van der Waals surface area contributed by atoms with Crippen LogP contribution in [0.25, 0.3) is 0 Å². The fourth-order valence-corrected chi connectivity index (χ4v) is 1.66. The summed E-state index contributed by atoms with van der Waals surface area (Å²) in [5.74, 6) is -0.281. The van der Waals surface area contributed by atoms with Crippen LogP contribution in [0.2, 0.25) is 0 Å². The lowest BCUT2D eigenvalue weighted by Crippen LogP contribution is -2.41. The van der Waals surface area contributed by atoms with Gasteiger partial charge >= 0.3 is 0 Å². The summed E-state index contributed by atoms with van der Waals surface area (Å²) in [5.41, 5.74) is 5.09. The summed E-state index contributed by atoms with van der Waals surface area (Å²) in [6.07, 6.45) is 1.21. The second-order valence-corrected chi connectivity index (χ2v) is 3.31. The number of carbonyl (C=O) groups excluding carboxylic acids is 1. The largest absolute Gasteiger partial charge is 0.377 e. The van der Waals surface area contributed by atoms with E-state index in [1.165, 1.54) is 0 Å². The highest BCUT2D eigenvalue weighted by Crippen LogP contribution is 2.17. The fourth-order valence-electron chi connectivity index (χ4n) is 1.66. The Hall–Kier alpha value is -0.610. The van der Waals surface area contributed by atoms with Crippen LogP contribution < -0.4 is 5.73 Å². The van der Waals surface area contributed by atoms with Gasteiger partial charge in [-0.25, -0.2) is 0 Å². The van der Waals surface area contributed by atoms with Gasteiger partial charge in [-0.1, -0.05) is 0 Å². The van der Waals surface area contributed by atoms with Crippen molar-refractivity contribution in [2.75, 3.05) is 20.2 Å². The van der Waals surface area contributed by atoms with E-state index in [2.05, 4.69) is 0 Å². The van der Waals surface area contributed by atoms with Crippen molar-refractivity contribution in [1.29, 1.82) is 0 Å². The monoisotopic (exact) mass is 172 g/mol. The summed E-state index contributed by atoms with van der Waals surface area (Å²) in [4.78, 5) is 12.6. The van der Waals surface area contributed by atoms with Crippen LogP contribution in [0.3, 0.4) is 0 Å². The Morgan fingerprint density at radius 3 is 2.83 bits per heavy atom. The van der Waals surface area contributed by atoms with Crippen molar-refractivity contribution in [2.24, 2.45) is 5.73 Å². The molecule has 0 aliphatic carbocycles. The molecule has 1 heterocycles. The number of hydrogen-bond acceptors (Lipinski definition) is 3. The van der Waals surface area contributed by atoms with Gasteiger partial charge in [0.05, 0.1) is 12.6 Å². The van der Waals surface area contributed by atoms with Crippen LogP contribution in [0.1, 0.15) is 13.3 Å².